The van der Waals surface area contributed by atoms with Crippen LogP contribution in [0.15, 0.2) is 22.7 Å². The zero-order valence-electron chi connectivity index (χ0n) is 11.9. The molecule has 0 saturated carbocycles. The number of rotatable bonds is 2. The van der Waals surface area contributed by atoms with Crippen LogP contribution in [0.4, 0.5) is 0 Å². The quantitative estimate of drug-likeness (QED) is 0.888. The maximum atomic E-state index is 5.88. The van der Waals surface area contributed by atoms with Crippen LogP contribution in [-0.4, -0.2) is 25.4 Å². The molecule has 1 N–H and O–H groups in total. The first-order chi connectivity index (χ1) is 9.72. The number of fused-ring (bicyclic) bond motifs is 1. The summed E-state index contributed by atoms with van der Waals surface area (Å²) in [7, 11) is 0. The second-order valence-corrected chi connectivity index (χ2v) is 6.71. The fourth-order valence-electron chi connectivity index (χ4n) is 3.15. The van der Waals surface area contributed by atoms with Crippen molar-refractivity contribution in [1.29, 1.82) is 0 Å². The molecule has 0 amide bonds. The molecule has 0 aromatic heterocycles. The highest BCUT2D eigenvalue weighted by atomic mass is 79.9. The fraction of sp³-hybridized carbons (Fsp3) is 0.625. The zero-order chi connectivity index (χ0) is 13.9. The van der Waals surface area contributed by atoms with Gasteiger partial charge in [-0.1, -0.05) is 22.0 Å². The lowest BCUT2D eigenvalue weighted by molar-refractivity contribution is 0.0110. The molecule has 0 spiro atoms. The van der Waals surface area contributed by atoms with E-state index in [-0.39, 0.29) is 0 Å². The van der Waals surface area contributed by atoms with Crippen molar-refractivity contribution in [3.8, 4) is 5.75 Å². The lowest BCUT2D eigenvalue weighted by Gasteiger charge is -2.31. The van der Waals surface area contributed by atoms with Gasteiger partial charge < -0.3 is 14.8 Å². The molecule has 1 saturated heterocycles. The SMILES string of the molecule is CC1CC(NC2CCCOc3cc(Br)ccc32)CCO1. The van der Waals surface area contributed by atoms with E-state index in [1.807, 2.05) is 0 Å². The smallest absolute Gasteiger partial charge is 0.125 e. The van der Waals surface area contributed by atoms with E-state index in [0.29, 0.717) is 18.2 Å². The number of hydrogen-bond donors (Lipinski definition) is 1. The van der Waals surface area contributed by atoms with Crippen LogP contribution in [0.25, 0.3) is 0 Å². The van der Waals surface area contributed by atoms with Crippen LogP contribution in [0.3, 0.4) is 0 Å². The molecule has 4 heteroatoms. The second-order valence-electron chi connectivity index (χ2n) is 5.79. The van der Waals surface area contributed by atoms with Gasteiger partial charge in [0.2, 0.25) is 0 Å². The summed E-state index contributed by atoms with van der Waals surface area (Å²) in [6, 6.07) is 7.33. The van der Waals surface area contributed by atoms with Crippen molar-refractivity contribution in [2.24, 2.45) is 0 Å². The normalized spacial score (nSPS) is 30.2. The molecular weight excluding hydrogens is 318 g/mol. The van der Waals surface area contributed by atoms with Gasteiger partial charge in [0.25, 0.3) is 0 Å². The predicted molar refractivity (Wildman–Crippen MR) is 83.2 cm³/mol. The Bertz CT molecular complexity index is 466. The van der Waals surface area contributed by atoms with Crippen LogP contribution < -0.4 is 10.1 Å². The lowest BCUT2D eigenvalue weighted by atomic mass is 9.97. The van der Waals surface area contributed by atoms with Gasteiger partial charge in [-0.15, -0.1) is 0 Å². The molecule has 2 aliphatic heterocycles. The third-order valence-corrected chi connectivity index (χ3v) is 4.66. The Morgan fingerprint density at radius 1 is 1.25 bits per heavy atom. The van der Waals surface area contributed by atoms with Gasteiger partial charge in [0, 0.05) is 28.7 Å². The first kappa shape index (κ1) is 14.4. The summed E-state index contributed by atoms with van der Waals surface area (Å²) >= 11 is 3.53. The average molecular weight is 340 g/mol. The summed E-state index contributed by atoms with van der Waals surface area (Å²) in [6.45, 7) is 3.84. The highest BCUT2D eigenvalue weighted by Gasteiger charge is 2.25. The Hall–Kier alpha value is -0.580. The minimum absolute atomic E-state index is 0.368. The largest absolute Gasteiger partial charge is 0.493 e. The zero-order valence-corrected chi connectivity index (χ0v) is 13.5. The van der Waals surface area contributed by atoms with E-state index in [2.05, 4.69) is 46.4 Å². The number of halogens is 1. The highest BCUT2D eigenvalue weighted by molar-refractivity contribution is 9.10. The molecule has 2 aliphatic rings. The molecule has 0 radical (unpaired) electrons. The number of ether oxygens (including phenoxy) is 2. The maximum Gasteiger partial charge on any atom is 0.125 e. The monoisotopic (exact) mass is 339 g/mol. The Morgan fingerprint density at radius 3 is 3.00 bits per heavy atom. The molecule has 1 aromatic carbocycles. The summed E-state index contributed by atoms with van der Waals surface area (Å²) in [5.74, 6) is 1.02. The van der Waals surface area contributed by atoms with Crippen molar-refractivity contribution in [3.63, 3.8) is 0 Å². The first-order valence-electron chi connectivity index (χ1n) is 7.52. The van der Waals surface area contributed by atoms with E-state index in [9.17, 15) is 0 Å². The average Bonchev–Trinajstić information content (AvgIpc) is 2.61. The predicted octanol–water partition coefficient (Wildman–Crippen LogP) is 3.82. The van der Waals surface area contributed by atoms with Gasteiger partial charge in [-0.3, -0.25) is 0 Å². The summed E-state index contributed by atoms with van der Waals surface area (Å²) in [6.07, 6.45) is 4.81. The van der Waals surface area contributed by atoms with Gasteiger partial charge in [0.15, 0.2) is 0 Å². The molecule has 2 heterocycles. The first-order valence-corrected chi connectivity index (χ1v) is 8.31. The van der Waals surface area contributed by atoms with Crippen molar-refractivity contribution in [3.05, 3.63) is 28.2 Å². The van der Waals surface area contributed by atoms with Gasteiger partial charge in [-0.05, 0) is 44.7 Å². The Morgan fingerprint density at radius 2 is 2.15 bits per heavy atom. The van der Waals surface area contributed by atoms with Crippen LogP contribution in [0, 0.1) is 0 Å². The van der Waals surface area contributed by atoms with Crippen molar-refractivity contribution >= 4 is 15.9 Å². The molecule has 0 aliphatic carbocycles. The Labute approximate surface area is 129 Å². The van der Waals surface area contributed by atoms with Crippen molar-refractivity contribution < 1.29 is 9.47 Å². The fourth-order valence-corrected chi connectivity index (χ4v) is 3.49. The van der Waals surface area contributed by atoms with E-state index >= 15 is 0 Å². The summed E-state index contributed by atoms with van der Waals surface area (Å²) in [5, 5.41) is 3.83. The number of nitrogens with one attached hydrogen (secondary N) is 1. The van der Waals surface area contributed by atoms with E-state index in [1.165, 1.54) is 5.56 Å². The van der Waals surface area contributed by atoms with Crippen molar-refractivity contribution in [1.82, 2.24) is 5.32 Å². The molecule has 1 fully saturated rings. The molecule has 0 bridgehead atoms. The van der Waals surface area contributed by atoms with Crippen molar-refractivity contribution in [2.45, 2.75) is 50.8 Å². The second kappa shape index (κ2) is 6.46. The maximum absolute atomic E-state index is 5.88. The summed E-state index contributed by atoms with van der Waals surface area (Å²) < 4.78 is 12.6. The minimum Gasteiger partial charge on any atom is -0.493 e. The standard InChI is InChI=1S/C16H22BrNO2/c1-11-9-13(6-8-19-11)18-15-3-2-7-20-16-10-12(17)4-5-14(15)16/h4-5,10-11,13,15,18H,2-3,6-9H2,1H3. The topological polar surface area (TPSA) is 30.5 Å². The lowest BCUT2D eigenvalue weighted by Crippen LogP contribution is -2.39. The Kier molecular flexibility index (Phi) is 4.64. The third kappa shape index (κ3) is 3.35. The van der Waals surface area contributed by atoms with E-state index in [4.69, 9.17) is 9.47 Å². The molecule has 3 rings (SSSR count). The van der Waals surface area contributed by atoms with Crippen LogP contribution in [-0.2, 0) is 4.74 Å². The minimum atomic E-state index is 0.368. The highest BCUT2D eigenvalue weighted by Crippen LogP contribution is 2.34. The van der Waals surface area contributed by atoms with Crippen LogP contribution >= 0.6 is 15.9 Å². The molecule has 3 unspecified atom stereocenters. The van der Waals surface area contributed by atoms with Gasteiger partial charge in [-0.2, -0.15) is 0 Å². The summed E-state index contributed by atoms with van der Waals surface area (Å²) in [4.78, 5) is 0. The van der Waals surface area contributed by atoms with Gasteiger partial charge in [-0.25, -0.2) is 0 Å². The molecule has 110 valence electrons. The van der Waals surface area contributed by atoms with Gasteiger partial charge in [0.1, 0.15) is 5.75 Å². The van der Waals surface area contributed by atoms with Crippen LogP contribution in [0.5, 0.6) is 5.75 Å². The molecule has 3 atom stereocenters. The van der Waals surface area contributed by atoms with E-state index in [0.717, 1.165) is 49.1 Å². The van der Waals surface area contributed by atoms with E-state index < -0.39 is 0 Å². The molecular formula is C16H22BrNO2. The van der Waals surface area contributed by atoms with E-state index in [1.54, 1.807) is 0 Å². The van der Waals surface area contributed by atoms with Crippen molar-refractivity contribution in [2.75, 3.05) is 13.2 Å². The van der Waals surface area contributed by atoms with Gasteiger partial charge >= 0.3 is 0 Å². The Balaban J connectivity index is 1.76. The van der Waals surface area contributed by atoms with Crippen LogP contribution in [0.1, 0.15) is 44.2 Å². The number of hydrogen-bond acceptors (Lipinski definition) is 3. The molecule has 20 heavy (non-hydrogen) atoms. The van der Waals surface area contributed by atoms with Crippen LogP contribution in [0.2, 0.25) is 0 Å². The number of benzene rings is 1. The molecule has 1 aromatic rings. The summed E-state index contributed by atoms with van der Waals surface area (Å²) in [5.41, 5.74) is 1.30. The third-order valence-electron chi connectivity index (χ3n) is 4.17. The molecule has 3 nitrogen and oxygen atoms in total. The van der Waals surface area contributed by atoms with Gasteiger partial charge in [0.05, 0.1) is 12.7 Å².